The number of benzene rings is 1. The molecule has 0 unspecified atom stereocenters. The molecule has 0 aliphatic carbocycles. The van der Waals surface area contributed by atoms with E-state index in [1.807, 2.05) is 0 Å². The van der Waals surface area contributed by atoms with Gasteiger partial charge in [0, 0.05) is 23.7 Å². The standard InChI is InChI=1S/C8H7ClFO2.Li/c1-11-5-12-7-4-2-3-6(10)8(7)9;/h2,4H,5H2,1H3;/q-1;+1. The minimum atomic E-state index is -0.620. The van der Waals surface area contributed by atoms with Crippen molar-refractivity contribution >= 4 is 11.6 Å². The van der Waals surface area contributed by atoms with E-state index in [2.05, 4.69) is 10.8 Å². The zero-order valence-corrected chi connectivity index (χ0v) is 8.19. The van der Waals surface area contributed by atoms with Gasteiger partial charge in [-0.25, -0.2) is 4.39 Å². The smallest absolute Gasteiger partial charge is 0.491 e. The molecular weight excluding hydrogens is 189 g/mol. The molecule has 0 heterocycles. The van der Waals surface area contributed by atoms with Crippen LogP contribution in [0.25, 0.3) is 0 Å². The number of rotatable bonds is 3. The fourth-order valence-corrected chi connectivity index (χ4v) is 0.841. The maximum absolute atomic E-state index is 12.7. The molecule has 0 bridgehead atoms. The van der Waals surface area contributed by atoms with E-state index in [1.54, 1.807) is 0 Å². The Balaban J connectivity index is 0.00000144. The number of hydrogen-bond donors (Lipinski definition) is 0. The van der Waals surface area contributed by atoms with E-state index >= 15 is 0 Å². The Morgan fingerprint density at radius 1 is 1.62 bits per heavy atom. The van der Waals surface area contributed by atoms with Crippen LogP contribution in [0.5, 0.6) is 5.75 Å². The summed E-state index contributed by atoms with van der Waals surface area (Å²) in [6, 6.07) is 5.21. The predicted molar refractivity (Wildman–Crippen MR) is 42.8 cm³/mol. The molecule has 13 heavy (non-hydrogen) atoms. The van der Waals surface area contributed by atoms with Crippen LogP contribution in [0, 0.1) is 11.9 Å². The molecule has 0 saturated heterocycles. The fraction of sp³-hybridized carbons (Fsp3) is 0.250. The third kappa shape index (κ3) is 3.58. The molecule has 1 aromatic rings. The summed E-state index contributed by atoms with van der Waals surface area (Å²) in [6.45, 7) is 0.0448. The number of halogens is 2. The summed E-state index contributed by atoms with van der Waals surface area (Å²) in [4.78, 5) is 0. The molecule has 66 valence electrons. The van der Waals surface area contributed by atoms with Crippen molar-refractivity contribution in [2.24, 2.45) is 0 Å². The molecule has 0 aromatic heterocycles. The zero-order valence-electron chi connectivity index (χ0n) is 7.43. The van der Waals surface area contributed by atoms with Crippen LogP contribution in [0.1, 0.15) is 0 Å². The Hall–Kier alpha value is -0.203. The van der Waals surface area contributed by atoms with Crippen LogP contribution in [0.4, 0.5) is 4.39 Å². The largest absolute Gasteiger partial charge is 1.00 e. The maximum Gasteiger partial charge on any atom is 1.00 e. The van der Waals surface area contributed by atoms with Crippen LogP contribution in [0.2, 0.25) is 5.02 Å². The van der Waals surface area contributed by atoms with Crippen molar-refractivity contribution in [3.05, 3.63) is 29.0 Å². The van der Waals surface area contributed by atoms with Crippen molar-refractivity contribution in [3.8, 4) is 5.75 Å². The maximum atomic E-state index is 12.7. The molecule has 0 spiro atoms. The Labute approximate surface area is 93.2 Å². The third-order valence-corrected chi connectivity index (χ3v) is 1.54. The molecular formula is C8H7ClFLiO2. The topological polar surface area (TPSA) is 18.5 Å². The molecule has 0 aliphatic heterocycles. The van der Waals surface area contributed by atoms with E-state index in [0.717, 1.165) is 0 Å². The average Bonchev–Trinajstić information content (AvgIpc) is 2.08. The number of hydrogen-bond acceptors (Lipinski definition) is 2. The van der Waals surface area contributed by atoms with Crippen LogP contribution in [0.15, 0.2) is 12.1 Å². The first kappa shape index (κ1) is 12.8. The molecule has 0 atom stereocenters. The molecule has 1 aromatic carbocycles. The Morgan fingerprint density at radius 3 is 2.92 bits per heavy atom. The van der Waals surface area contributed by atoms with Crippen LogP contribution in [0.3, 0.4) is 0 Å². The summed E-state index contributed by atoms with van der Waals surface area (Å²) < 4.78 is 22.3. The molecule has 0 amide bonds. The number of ether oxygens (including phenoxy) is 2. The zero-order chi connectivity index (χ0) is 8.97. The van der Waals surface area contributed by atoms with Crippen LogP contribution in [-0.4, -0.2) is 13.9 Å². The Morgan fingerprint density at radius 2 is 2.31 bits per heavy atom. The van der Waals surface area contributed by atoms with Crippen molar-refractivity contribution < 1.29 is 32.7 Å². The van der Waals surface area contributed by atoms with Gasteiger partial charge in [-0.1, -0.05) is 0 Å². The van der Waals surface area contributed by atoms with Gasteiger partial charge in [0.25, 0.3) is 0 Å². The van der Waals surface area contributed by atoms with Gasteiger partial charge in [-0.2, -0.15) is 17.7 Å². The van der Waals surface area contributed by atoms with E-state index in [4.69, 9.17) is 16.3 Å². The van der Waals surface area contributed by atoms with Gasteiger partial charge in [-0.05, 0) is 0 Å². The van der Waals surface area contributed by atoms with Crippen molar-refractivity contribution in [2.75, 3.05) is 13.9 Å². The van der Waals surface area contributed by atoms with Crippen molar-refractivity contribution in [1.82, 2.24) is 0 Å². The first-order chi connectivity index (χ1) is 5.75. The van der Waals surface area contributed by atoms with E-state index in [1.165, 1.54) is 19.2 Å². The van der Waals surface area contributed by atoms with Gasteiger partial charge in [-0.15, -0.1) is 12.1 Å². The van der Waals surface area contributed by atoms with Gasteiger partial charge in [0.1, 0.15) is 0 Å². The second kappa shape index (κ2) is 6.28. The monoisotopic (exact) mass is 196 g/mol. The molecule has 2 nitrogen and oxygen atoms in total. The van der Waals surface area contributed by atoms with Gasteiger partial charge < -0.3 is 9.47 Å². The summed E-state index contributed by atoms with van der Waals surface area (Å²) in [5.41, 5.74) is 0. The molecule has 1 rings (SSSR count). The minimum absolute atomic E-state index is 0. The predicted octanol–water partition coefficient (Wildman–Crippen LogP) is -0.734. The molecule has 5 heteroatoms. The van der Waals surface area contributed by atoms with E-state index in [-0.39, 0.29) is 36.4 Å². The van der Waals surface area contributed by atoms with Crippen LogP contribution >= 0.6 is 11.6 Å². The van der Waals surface area contributed by atoms with Crippen molar-refractivity contribution in [1.29, 1.82) is 0 Å². The van der Waals surface area contributed by atoms with E-state index in [0.29, 0.717) is 0 Å². The van der Waals surface area contributed by atoms with Crippen LogP contribution < -0.4 is 23.6 Å². The third-order valence-electron chi connectivity index (χ3n) is 1.19. The number of methoxy groups -OCH3 is 1. The van der Waals surface area contributed by atoms with Gasteiger partial charge in [-0.3, -0.25) is 0 Å². The first-order valence-corrected chi connectivity index (χ1v) is 3.61. The molecule has 0 radical (unpaired) electrons. The SMILES string of the molecule is COCOc1cc[c-]c(F)c1Cl.[Li+]. The van der Waals surface area contributed by atoms with Crippen molar-refractivity contribution in [3.63, 3.8) is 0 Å². The first-order valence-electron chi connectivity index (χ1n) is 3.23. The Bertz CT molecular complexity index is 270. The van der Waals surface area contributed by atoms with Gasteiger partial charge in [0.05, 0.1) is 0 Å². The summed E-state index contributed by atoms with van der Waals surface area (Å²) in [5.74, 6) is -0.361. The summed E-state index contributed by atoms with van der Waals surface area (Å²) in [7, 11) is 1.47. The summed E-state index contributed by atoms with van der Waals surface area (Å²) in [6.07, 6.45) is 0. The Kier molecular flexibility index (Phi) is 6.18. The molecule has 0 fully saturated rings. The summed E-state index contributed by atoms with van der Waals surface area (Å²) in [5, 5.41) is -0.0745. The van der Waals surface area contributed by atoms with Gasteiger partial charge >= 0.3 is 18.9 Å². The average molecular weight is 197 g/mol. The van der Waals surface area contributed by atoms with Gasteiger partial charge in [0.15, 0.2) is 6.79 Å². The summed E-state index contributed by atoms with van der Waals surface area (Å²) >= 11 is 5.54. The minimum Gasteiger partial charge on any atom is -0.491 e. The quantitative estimate of drug-likeness (QED) is 0.360. The van der Waals surface area contributed by atoms with Crippen molar-refractivity contribution in [2.45, 2.75) is 0 Å². The molecule has 0 N–H and O–H groups in total. The second-order valence-electron chi connectivity index (χ2n) is 2.02. The normalized spacial score (nSPS) is 9.15. The molecule has 0 saturated carbocycles. The fourth-order valence-electron chi connectivity index (χ4n) is 0.669. The van der Waals surface area contributed by atoms with E-state index < -0.39 is 5.82 Å². The second-order valence-corrected chi connectivity index (χ2v) is 2.40. The molecule has 0 aliphatic rings. The van der Waals surface area contributed by atoms with E-state index in [9.17, 15) is 4.39 Å². The van der Waals surface area contributed by atoms with Crippen LogP contribution in [-0.2, 0) is 4.74 Å². The van der Waals surface area contributed by atoms with Gasteiger partial charge in [0.2, 0.25) is 0 Å².